The molecule has 2 N–H and O–H groups in total. The first kappa shape index (κ1) is 37.4. The van der Waals surface area contributed by atoms with Crippen molar-refractivity contribution in [3.8, 4) is 0 Å². The lowest BCUT2D eigenvalue weighted by Gasteiger charge is -2.24. The molecule has 0 aromatic rings. The van der Waals surface area contributed by atoms with Crippen LogP contribution in [0.1, 0.15) is 174 Å². The molecule has 8 atom stereocenters. The van der Waals surface area contributed by atoms with Gasteiger partial charge in [-0.2, -0.15) is 0 Å². The first-order valence-corrected chi connectivity index (χ1v) is 18.7. The Morgan fingerprint density at radius 1 is 0.705 bits per heavy atom. The molecule has 7 heteroatoms. The summed E-state index contributed by atoms with van der Waals surface area (Å²) in [6.45, 7) is 3.79. The van der Waals surface area contributed by atoms with E-state index in [1.54, 1.807) is 0 Å². The van der Waals surface area contributed by atoms with E-state index in [9.17, 15) is 19.8 Å². The highest BCUT2D eigenvalue weighted by Gasteiger charge is 2.40. The maximum Gasteiger partial charge on any atom is 0.309 e. The summed E-state index contributed by atoms with van der Waals surface area (Å²) in [5, 5.41) is 21.4. The molecule has 256 valence electrons. The monoisotopic (exact) mass is 622 g/mol. The van der Waals surface area contributed by atoms with Crippen LogP contribution >= 0.6 is 0 Å². The molecule has 7 nitrogen and oxygen atoms in total. The van der Waals surface area contributed by atoms with E-state index < -0.39 is 6.10 Å². The number of ether oxygens (including phenoxy) is 3. The Kier molecular flexibility index (Phi) is 18.5. The largest absolute Gasteiger partial charge is 0.462 e. The van der Waals surface area contributed by atoms with E-state index in [4.69, 9.17) is 14.2 Å². The number of carbonyl (C=O) groups excluding carboxylic acids is 2. The fourth-order valence-electron chi connectivity index (χ4n) is 7.55. The molecule has 0 bridgehead atoms. The normalized spacial score (nSPS) is 28.4. The zero-order valence-electron chi connectivity index (χ0n) is 28.2. The molecule has 0 aromatic heterocycles. The summed E-state index contributed by atoms with van der Waals surface area (Å²) < 4.78 is 18.0. The van der Waals surface area contributed by atoms with Crippen molar-refractivity contribution in [1.82, 2.24) is 0 Å². The van der Waals surface area contributed by atoms with Gasteiger partial charge in [-0.15, -0.1) is 0 Å². The third-order valence-corrected chi connectivity index (χ3v) is 10.3. The average molecular weight is 623 g/mol. The van der Waals surface area contributed by atoms with Gasteiger partial charge in [-0.3, -0.25) is 4.79 Å². The summed E-state index contributed by atoms with van der Waals surface area (Å²) >= 11 is 0. The van der Waals surface area contributed by atoms with Gasteiger partial charge in [0.05, 0.1) is 42.5 Å². The third kappa shape index (κ3) is 14.2. The number of aliphatic hydroxyl groups is 2. The molecule has 0 aromatic carbocycles. The zero-order valence-corrected chi connectivity index (χ0v) is 28.2. The molecule has 0 aliphatic carbocycles. The van der Waals surface area contributed by atoms with Crippen LogP contribution in [0.15, 0.2) is 0 Å². The summed E-state index contributed by atoms with van der Waals surface area (Å²) in [6.07, 6.45) is 26.0. The number of carbonyl (C=O) groups is 2. The van der Waals surface area contributed by atoms with Gasteiger partial charge in [0.2, 0.25) is 0 Å². The lowest BCUT2D eigenvalue weighted by molar-refractivity contribution is -0.145. The van der Waals surface area contributed by atoms with Gasteiger partial charge in [0, 0.05) is 6.42 Å². The summed E-state index contributed by atoms with van der Waals surface area (Å²) in [6, 6.07) is 0. The van der Waals surface area contributed by atoms with Crippen LogP contribution in [0.4, 0.5) is 0 Å². The van der Waals surface area contributed by atoms with Crippen molar-refractivity contribution in [2.24, 2.45) is 5.92 Å². The van der Waals surface area contributed by atoms with Crippen molar-refractivity contribution < 1.29 is 34.0 Å². The van der Waals surface area contributed by atoms with E-state index in [-0.39, 0.29) is 54.3 Å². The second-order valence-corrected chi connectivity index (χ2v) is 14.3. The summed E-state index contributed by atoms with van der Waals surface area (Å²) in [7, 11) is 0. The Morgan fingerprint density at radius 3 is 1.64 bits per heavy atom. The predicted octanol–water partition coefficient (Wildman–Crippen LogP) is 8.15. The molecule has 3 aliphatic rings. The number of esters is 1. The molecule has 4 unspecified atom stereocenters. The Morgan fingerprint density at radius 2 is 1.16 bits per heavy atom. The van der Waals surface area contributed by atoms with Gasteiger partial charge in [-0.25, -0.2) is 0 Å². The maximum absolute atomic E-state index is 11.9. The van der Waals surface area contributed by atoms with Crippen molar-refractivity contribution in [3.05, 3.63) is 0 Å². The van der Waals surface area contributed by atoms with Crippen LogP contribution in [-0.2, 0) is 23.8 Å². The Hall–Kier alpha value is -1.02. The topological polar surface area (TPSA) is 102 Å². The average Bonchev–Trinajstić information content (AvgIpc) is 3.75. The number of aliphatic hydroxyl groups excluding tert-OH is 2. The van der Waals surface area contributed by atoms with Crippen LogP contribution in [0.2, 0.25) is 0 Å². The van der Waals surface area contributed by atoms with E-state index in [0.29, 0.717) is 12.8 Å². The number of hydrogen-bond acceptors (Lipinski definition) is 7. The Balaban J connectivity index is 1.13. The molecule has 0 amide bonds. The van der Waals surface area contributed by atoms with Crippen LogP contribution in [0, 0.1) is 5.92 Å². The molecular weight excluding hydrogens is 556 g/mol. The van der Waals surface area contributed by atoms with Crippen LogP contribution in [0.25, 0.3) is 0 Å². The highest BCUT2D eigenvalue weighted by Crippen LogP contribution is 2.35. The highest BCUT2D eigenvalue weighted by molar-refractivity contribution is 5.83. The summed E-state index contributed by atoms with van der Waals surface area (Å²) in [5.41, 5.74) is 0. The zero-order chi connectivity index (χ0) is 31.6. The number of unbranched alkanes of at least 4 members (excludes halogenated alkanes) is 14. The lowest BCUT2D eigenvalue weighted by Crippen LogP contribution is -2.33. The minimum absolute atomic E-state index is 0.00211. The number of Topliss-reactive ketones (excluding diaryl/α,β-unsaturated/α-hetero) is 1. The van der Waals surface area contributed by atoms with Crippen LogP contribution in [-0.4, -0.2) is 64.7 Å². The van der Waals surface area contributed by atoms with E-state index in [1.165, 1.54) is 77.6 Å². The van der Waals surface area contributed by atoms with Crippen molar-refractivity contribution >= 4 is 11.8 Å². The number of ketones is 1. The van der Waals surface area contributed by atoms with Gasteiger partial charge < -0.3 is 29.2 Å². The minimum Gasteiger partial charge on any atom is -0.462 e. The molecule has 3 aliphatic heterocycles. The second-order valence-electron chi connectivity index (χ2n) is 14.3. The van der Waals surface area contributed by atoms with E-state index >= 15 is 0 Å². The molecular formula is C37H66O7. The minimum atomic E-state index is -0.399. The summed E-state index contributed by atoms with van der Waals surface area (Å²) in [4.78, 5) is 23.1. The van der Waals surface area contributed by atoms with Crippen molar-refractivity contribution in [2.75, 3.05) is 0 Å². The standard InChI is InChI=1S/C37H66O7/c1-3-4-5-6-7-11-14-17-20-31(39)33-22-24-35(43-33)36-25-23-34(44-36)32(40)21-18-15-12-9-8-10-13-16-19-30-27-29(26-28(2)38)37(41)42-30/h29-36,39-40H,3-27H2,1-2H3/t29?,30?,31-,32+,33+,34?,35?,36+/m0/s1. The van der Waals surface area contributed by atoms with Gasteiger partial charge in [0.1, 0.15) is 11.9 Å². The Bertz CT molecular complexity index is 788. The van der Waals surface area contributed by atoms with Crippen LogP contribution < -0.4 is 0 Å². The first-order chi connectivity index (χ1) is 21.4. The SMILES string of the molecule is CCCCCCCCCC[C@H](O)[C@H]1CCC([C@H]2CCC([C@H](O)CCCCCCCCCCC3CC(CC(C)=O)C(=O)O3)O2)O1. The smallest absolute Gasteiger partial charge is 0.309 e. The summed E-state index contributed by atoms with van der Waals surface area (Å²) in [5.74, 6) is -0.348. The van der Waals surface area contributed by atoms with Crippen molar-refractivity contribution in [3.63, 3.8) is 0 Å². The predicted molar refractivity (Wildman–Crippen MR) is 174 cm³/mol. The van der Waals surface area contributed by atoms with E-state index in [1.807, 2.05) is 0 Å². The molecule has 3 saturated heterocycles. The molecule has 3 heterocycles. The quantitative estimate of drug-likeness (QED) is 0.0782. The number of rotatable bonds is 25. The lowest BCUT2D eigenvalue weighted by atomic mass is 9.96. The molecule has 0 saturated carbocycles. The highest BCUT2D eigenvalue weighted by atomic mass is 16.6. The third-order valence-electron chi connectivity index (χ3n) is 10.3. The molecule has 0 spiro atoms. The Labute approximate surface area is 268 Å². The van der Waals surface area contributed by atoms with E-state index in [2.05, 4.69) is 6.92 Å². The van der Waals surface area contributed by atoms with Crippen molar-refractivity contribution in [2.45, 2.75) is 217 Å². The molecule has 3 fully saturated rings. The van der Waals surface area contributed by atoms with Gasteiger partial charge in [-0.1, -0.05) is 103 Å². The van der Waals surface area contributed by atoms with Crippen molar-refractivity contribution in [1.29, 1.82) is 0 Å². The van der Waals surface area contributed by atoms with Crippen LogP contribution in [0.5, 0.6) is 0 Å². The molecule has 3 rings (SSSR count). The van der Waals surface area contributed by atoms with Crippen LogP contribution in [0.3, 0.4) is 0 Å². The van der Waals surface area contributed by atoms with Gasteiger partial charge in [0.25, 0.3) is 0 Å². The second kappa shape index (κ2) is 21.7. The first-order valence-electron chi connectivity index (χ1n) is 18.7. The number of cyclic esters (lactones) is 1. The van der Waals surface area contributed by atoms with Gasteiger partial charge in [0.15, 0.2) is 0 Å². The maximum atomic E-state index is 11.9. The fourth-order valence-corrected chi connectivity index (χ4v) is 7.55. The van der Waals surface area contributed by atoms with Gasteiger partial charge >= 0.3 is 5.97 Å². The van der Waals surface area contributed by atoms with Gasteiger partial charge in [-0.05, 0) is 64.7 Å². The fraction of sp³-hybridized carbons (Fsp3) is 0.946. The number of hydrogen-bond donors (Lipinski definition) is 2. The molecule has 44 heavy (non-hydrogen) atoms. The van der Waals surface area contributed by atoms with E-state index in [0.717, 1.165) is 77.0 Å². The molecule has 0 radical (unpaired) electrons.